The van der Waals surface area contributed by atoms with Gasteiger partial charge in [0.15, 0.2) is 5.82 Å². The molecule has 0 saturated heterocycles. The van der Waals surface area contributed by atoms with E-state index in [1.807, 2.05) is 77.5 Å². The number of H-pyrrole nitrogens is 1. The molecule has 168 valence electrons. The van der Waals surface area contributed by atoms with Crippen molar-refractivity contribution >= 4 is 0 Å². The van der Waals surface area contributed by atoms with E-state index in [1.165, 1.54) is 12.1 Å². The number of aromatic amines is 1. The Kier molecular flexibility index (Phi) is 5.28. The molecule has 0 unspecified atom stereocenters. The molecule has 2 heterocycles. The van der Waals surface area contributed by atoms with E-state index in [4.69, 9.17) is 10.1 Å². The molecule has 35 heavy (non-hydrogen) atoms. The summed E-state index contributed by atoms with van der Waals surface area (Å²) < 4.78 is 15.4. The third-order valence-corrected chi connectivity index (χ3v) is 5.91. The lowest BCUT2D eigenvalue weighted by atomic mass is 10.1. The van der Waals surface area contributed by atoms with Gasteiger partial charge in [-0.15, -0.1) is 0 Å². The van der Waals surface area contributed by atoms with E-state index in [2.05, 4.69) is 29.2 Å². The van der Waals surface area contributed by atoms with E-state index in [0.29, 0.717) is 5.82 Å². The van der Waals surface area contributed by atoms with Crippen LogP contribution in [-0.4, -0.2) is 19.7 Å². The summed E-state index contributed by atoms with van der Waals surface area (Å²) in [4.78, 5) is 8.62. The zero-order valence-corrected chi connectivity index (χ0v) is 18.8. The number of hydrogen-bond donors (Lipinski definition) is 1. The zero-order chi connectivity index (χ0) is 23.6. The van der Waals surface area contributed by atoms with Crippen molar-refractivity contribution in [1.29, 1.82) is 0 Å². The maximum Gasteiger partial charge on any atom is 0.157 e. The van der Waals surface area contributed by atoms with Crippen molar-refractivity contribution in [3.8, 4) is 51.0 Å². The van der Waals surface area contributed by atoms with Gasteiger partial charge in [-0.05, 0) is 42.5 Å². The van der Waals surface area contributed by atoms with Gasteiger partial charge in [-0.25, -0.2) is 14.1 Å². The monoisotopic (exact) mass is 456 g/mol. The number of para-hydroxylation sites is 1. The fraction of sp³-hybridized carbons (Fsp3) is 0. The molecule has 5 heteroatoms. The second-order valence-electron chi connectivity index (χ2n) is 8.21. The molecule has 1 N–H and O–H groups in total. The highest BCUT2D eigenvalue weighted by Crippen LogP contribution is 2.35. The Morgan fingerprint density at radius 2 is 1.23 bits per heavy atom. The van der Waals surface area contributed by atoms with Crippen molar-refractivity contribution < 1.29 is 4.39 Å². The highest BCUT2D eigenvalue weighted by molar-refractivity contribution is 5.81. The molecular formula is C30H21FN4. The van der Waals surface area contributed by atoms with E-state index in [0.717, 1.165) is 45.2 Å². The first-order valence-electron chi connectivity index (χ1n) is 11.4. The van der Waals surface area contributed by atoms with Crippen LogP contribution in [0, 0.1) is 5.82 Å². The van der Waals surface area contributed by atoms with Crippen molar-refractivity contribution in [1.82, 2.24) is 19.7 Å². The predicted molar refractivity (Wildman–Crippen MR) is 137 cm³/mol. The average Bonchev–Trinajstić information content (AvgIpc) is 3.56. The molecule has 0 aliphatic heterocycles. The summed E-state index contributed by atoms with van der Waals surface area (Å²) in [7, 11) is 0. The third-order valence-electron chi connectivity index (χ3n) is 5.91. The molecule has 4 aromatic carbocycles. The van der Waals surface area contributed by atoms with Crippen LogP contribution in [0.4, 0.5) is 4.39 Å². The minimum atomic E-state index is -0.275. The first kappa shape index (κ1) is 20.8. The van der Waals surface area contributed by atoms with Gasteiger partial charge < -0.3 is 4.98 Å². The molecule has 0 spiro atoms. The van der Waals surface area contributed by atoms with Crippen molar-refractivity contribution in [2.45, 2.75) is 0 Å². The largest absolute Gasteiger partial charge is 0.336 e. The van der Waals surface area contributed by atoms with Crippen molar-refractivity contribution in [2.24, 2.45) is 0 Å². The summed E-state index contributed by atoms with van der Waals surface area (Å²) in [6.07, 6.45) is 0. The number of rotatable bonds is 5. The molecule has 0 amide bonds. The van der Waals surface area contributed by atoms with Crippen LogP contribution >= 0.6 is 0 Å². The summed E-state index contributed by atoms with van der Waals surface area (Å²) >= 11 is 0. The van der Waals surface area contributed by atoms with Crippen molar-refractivity contribution in [2.75, 3.05) is 0 Å². The van der Waals surface area contributed by atoms with Crippen LogP contribution in [0.25, 0.3) is 51.0 Å². The highest BCUT2D eigenvalue weighted by atomic mass is 19.1. The molecular weight excluding hydrogens is 435 g/mol. The van der Waals surface area contributed by atoms with Gasteiger partial charge in [0.25, 0.3) is 0 Å². The molecule has 0 radical (unpaired) electrons. The van der Waals surface area contributed by atoms with Gasteiger partial charge in [0.1, 0.15) is 11.5 Å². The van der Waals surface area contributed by atoms with Crippen LogP contribution in [0.15, 0.2) is 121 Å². The standard InChI is InChI=1S/C30H21FN4/c31-24-18-16-21(17-19-24)26-20-27(35(34-26)25-14-8-3-9-15-25)30-32-28(22-10-4-1-5-11-22)29(33-30)23-12-6-2-7-13-23/h1-20H,(H,32,33). The predicted octanol–water partition coefficient (Wildman–Crippen LogP) is 7.40. The molecule has 0 bridgehead atoms. The molecule has 0 fully saturated rings. The van der Waals surface area contributed by atoms with Gasteiger partial charge in [0, 0.05) is 16.7 Å². The van der Waals surface area contributed by atoms with Gasteiger partial charge in [-0.1, -0.05) is 78.9 Å². The topological polar surface area (TPSA) is 46.5 Å². The molecule has 0 aliphatic carbocycles. The maximum atomic E-state index is 13.5. The van der Waals surface area contributed by atoms with E-state index >= 15 is 0 Å². The Labute approximate surface area is 202 Å². The number of nitrogens with one attached hydrogen (secondary N) is 1. The maximum absolute atomic E-state index is 13.5. The fourth-order valence-corrected chi connectivity index (χ4v) is 4.19. The van der Waals surface area contributed by atoms with Crippen molar-refractivity contribution in [3.05, 3.63) is 127 Å². The van der Waals surface area contributed by atoms with Crippen LogP contribution in [0.5, 0.6) is 0 Å². The number of benzene rings is 4. The lowest BCUT2D eigenvalue weighted by Crippen LogP contribution is -1.99. The van der Waals surface area contributed by atoms with Crippen LogP contribution < -0.4 is 0 Å². The van der Waals surface area contributed by atoms with Crippen molar-refractivity contribution in [3.63, 3.8) is 0 Å². The Morgan fingerprint density at radius 3 is 1.89 bits per heavy atom. The first-order chi connectivity index (χ1) is 17.3. The number of halogens is 1. The van der Waals surface area contributed by atoms with E-state index in [-0.39, 0.29) is 5.82 Å². The number of nitrogens with zero attached hydrogens (tertiary/aromatic N) is 3. The van der Waals surface area contributed by atoms with Gasteiger partial charge >= 0.3 is 0 Å². The quantitative estimate of drug-likeness (QED) is 0.294. The summed E-state index contributed by atoms with van der Waals surface area (Å²) in [6, 6.07) is 38.6. The van der Waals surface area contributed by atoms with E-state index in [9.17, 15) is 4.39 Å². The Bertz CT molecular complexity index is 1510. The SMILES string of the molecule is Fc1ccc(-c2cc(-c3nc(-c4ccccc4)c(-c4ccccc4)[nH]3)n(-c3ccccc3)n2)cc1. The van der Waals surface area contributed by atoms with Crippen LogP contribution in [-0.2, 0) is 0 Å². The number of hydrogen-bond acceptors (Lipinski definition) is 2. The van der Waals surface area contributed by atoms with Gasteiger partial charge in [0.05, 0.1) is 22.8 Å². The molecule has 4 nitrogen and oxygen atoms in total. The Hall–Kier alpha value is -4.77. The highest BCUT2D eigenvalue weighted by Gasteiger charge is 2.20. The molecule has 6 rings (SSSR count). The summed E-state index contributed by atoms with van der Waals surface area (Å²) in [6.45, 7) is 0. The minimum absolute atomic E-state index is 0.275. The zero-order valence-electron chi connectivity index (χ0n) is 18.8. The number of aromatic nitrogens is 4. The lowest BCUT2D eigenvalue weighted by molar-refractivity contribution is 0.628. The second-order valence-corrected chi connectivity index (χ2v) is 8.21. The first-order valence-corrected chi connectivity index (χ1v) is 11.4. The number of imidazole rings is 1. The minimum Gasteiger partial charge on any atom is -0.336 e. The third kappa shape index (κ3) is 4.04. The van der Waals surface area contributed by atoms with E-state index < -0.39 is 0 Å². The molecule has 2 aromatic heterocycles. The van der Waals surface area contributed by atoms with E-state index in [1.54, 1.807) is 12.1 Å². The molecule has 0 aliphatic rings. The van der Waals surface area contributed by atoms with Gasteiger partial charge in [-0.2, -0.15) is 5.10 Å². The second kappa shape index (κ2) is 8.88. The average molecular weight is 457 g/mol. The van der Waals surface area contributed by atoms with Gasteiger partial charge in [0.2, 0.25) is 0 Å². The van der Waals surface area contributed by atoms with Crippen LogP contribution in [0.3, 0.4) is 0 Å². The van der Waals surface area contributed by atoms with Crippen LogP contribution in [0.2, 0.25) is 0 Å². The molecule has 0 saturated carbocycles. The summed E-state index contributed by atoms with van der Waals surface area (Å²) in [5, 5.41) is 4.88. The Balaban J connectivity index is 1.56. The van der Waals surface area contributed by atoms with Crippen LogP contribution in [0.1, 0.15) is 0 Å². The Morgan fingerprint density at radius 1 is 0.629 bits per heavy atom. The smallest absolute Gasteiger partial charge is 0.157 e. The molecule has 0 atom stereocenters. The normalized spacial score (nSPS) is 11.0. The summed E-state index contributed by atoms with van der Waals surface area (Å²) in [5.74, 6) is 0.426. The summed E-state index contributed by atoms with van der Waals surface area (Å²) in [5.41, 5.74) is 7.19. The fourth-order valence-electron chi connectivity index (χ4n) is 4.19. The van der Waals surface area contributed by atoms with Gasteiger partial charge in [-0.3, -0.25) is 0 Å². The molecule has 6 aromatic rings. The lowest BCUT2D eigenvalue weighted by Gasteiger charge is -2.05.